The van der Waals surface area contributed by atoms with Crippen LogP contribution in [-0.4, -0.2) is 48.5 Å². The lowest BCUT2D eigenvalue weighted by molar-refractivity contribution is -0.142. The third-order valence-corrected chi connectivity index (χ3v) is 6.77. The van der Waals surface area contributed by atoms with E-state index in [1.54, 1.807) is 0 Å². The van der Waals surface area contributed by atoms with Gasteiger partial charge in [-0.05, 0) is 30.3 Å². The minimum absolute atomic E-state index is 0.0363. The van der Waals surface area contributed by atoms with E-state index in [1.165, 1.54) is 18.3 Å². The largest absolute Gasteiger partial charge is 0.481 e. The quantitative estimate of drug-likeness (QED) is 0.165. The molecule has 0 spiro atoms. The molecule has 0 atom stereocenters. The molecule has 5 rings (SSSR count). The normalized spacial score (nSPS) is 13.6. The monoisotopic (exact) mass is 695 g/mol. The van der Waals surface area contributed by atoms with Crippen molar-refractivity contribution in [3.63, 3.8) is 0 Å². The highest BCUT2D eigenvalue weighted by Crippen LogP contribution is 2.39. The third-order valence-electron chi connectivity index (χ3n) is 6.77. The molecule has 4 aromatic rings. The van der Waals surface area contributed by atoms with Gasteiger partial charge in [0.1, 0.15) is 34.8 Å². The van der Waals surface area contributed by atoms with Gasteiger partial charge >= 0.3 is 18.3 Å². The minimum Gasteiger partial charge on any atom is -0.481 e. The van der Waals surface area contributed by atoms with Crippen LogP contribution in [0.25, 0.3) is 22.5 Å². The molecule has 0 radical (unpaired) electrons. The number of aromatic nitrogens is 4. The lowest BCUT2D eigenvalue weighted by Gasteiger charge is -2.16. The summed E-state index contributed by atoms with van der Waals surface area (Å²) in [5.74, 6) is -6.13. The van der Waals surface area contributed by atoms with Gasteiger partial charge in [0.15, 0.2) is 5.69 Å². The Morgan fingerprint density at radius 1 is 0.735 bits per heavy atom. The molecule has 18 heteroatoms. The first-order valence-corrected chi connectivity index (χ1v) is 13.9. The minimum atomic E-state index is -4.88. The molecule has 256 valence electrons. The number of anilines is 1. The second kappa shape index (κ2) is 14.6. The summed E-state index contributed by atoms with van der Waals surface area (Å²) in [6.07, 6.45) is -6.75. The number of nitrogens with zero attached hydrogens (tertiary/aromatic N) is 4. The molecule has 0 saturated heterocycles. The smallest absolute Gasteiger partial charge is 0.435 e. The van der Waals surface area contributed by atoms with Crippen LogP contribution in [0.5, 0.6) is 0 Å². The zero-order valence-corrected chi connectivity index (χ0v) is 24.6. The maximum atomic E-state index is 13.4. The topological polar surface area (TPSA) is 152 Å². The second-order valence-corrected chi connectivity index (χ2v) is 10.3. The first-order chi connectivity index (χ1) is 22.9. The lowest BCUT2D eigenvalue weighted by atomic mass is 9.93. The summed E-state index contributed by atoms with van der Waals surface area (Å²) in [6, 6.07) is 6.39. The Kier molecular flexibility index (Phi) is 10.8. The van der Waals surface area contributed by atoms with Crippen LogP contribution in [-0.2, 0) is 31.5 Å². The van der Waals surface area contributed by atoms with Gasteiger partial charge in [0.2, 0.25) is 5.91 Å². The van der Waals surface area contributed by atoms with Gasteiger partial charge in [-0.3, -0.25) is 29.1 Å². The van der Waals surface area contributed by atoms with Gasteiger partial charge in [0.25, 0.3) is 0 Å². The molecule has 0 aliphatic heterocycles. The summed E-state index contributed by atoms with van der Waals surface area (Å²) in [5.41, 5.74) is -3.97. The van der Waals surface area contributed by atoms with Crippen LogP contribution >= 0.6 is 0 Å². The number of aliphatic carboxylic acids is 1. The molecule has 2 N–H and O–H groups in total. The Labute approximate surface area is 270 Å². The van der Waals surface area contributed by atoms with Crippen LogP contribution in [0, 0.1) is 11.6 Å². The van der Waals surface area contributed by atoms with Crippen molar-refractivity contribution in [2.45, 2.75) is 44.0 Å². The number of carbonyl (C=O) groups excluding carboxylic acids is 3. The van der Waals surface area contributed by atoms with Gasteiger partial charge in [-0.15, -0.1) is 0 Å². The average molecular weight is 696 g/mol. The van der Waals surface area contributed by atoms with Gasteiger partial charge in [-0.1, -0.05) is 6.07 Å². The number of amides is 1. The van der Waals surface area contributed by atoms with Crippen molar-refractivity contribution in [2.75, 3.05) is 5.32 Å². The Balaban J connectivity index is 0.000000221. The first-order valence-electron chi connectivity index (χ1n) is 13.9. The summed E-state index contributed by atoms with van der Waals surface area (Å²) in [5, 5.41) is 10.5. The number of hydrogen-bond acceptors (Lipinski definition) is 8. The molecule has 1 saturated carbocycles. The summed E-state index contributed by atoms with van der Waals surface area (Å²) < 4.78 is 106. The van der Waals surface area contributed by atoms with E-state index >= 15 is 0 Å². The molecule has 4 aromatic heterocycles. The van der Waals surface area contributed by atoms with Crippen LogP contribution in [0.2, 0.25) is 0 Å². The molecule has 1 fully saturated rings. The zero-order valence-electron chi connectivity index (χ0n) is 24.6. The van der Waals surface area contributed by atoms with Gasteiger partial charge in [0.05, 0.1) is 35.9 Å². The van der Waals surface area contributed by atoms with Gasteiger partial charge in [0, 0.05) is 48.3 Å². The summed E-state index contributed by atoms with van der Waals surface area (Å²) in [4.78, 5) is 59.6. The van der Waals surface area contributed by atoms with Gasteiger partial charge in [-0.25, -0.2) is 18.7 Å². The molecule has 49 heavy (non-hydrogen) atoms. The SMILES string of the molecule is O=C(O)CCC(=O)Nc1ccc(-c2cncc(F)c2)nc1C(F)(F)F.O=C1CCC(=O)C1c1ccc(-c2cncc(F)c2)nc1C(F)(F)F. The summed E-state index contributed by atoms with van der Waals surface area (Å²) in [6.45, 7) is 0. The maximum absolute atomic E-state index is 13.4. The Morgan fingerprint density at radius 3 is 1.69 bits per heavy atom. The highest BCUT2D eigenvalue weighted by Gasteiger charge is 2.43. The number of ketones is 2. The molecule has 0 bridgehead atoms. The molecule has 1 aliphatic carbocycles. The first kappa shape index (κ1) is 36.2. The second-order valence-electron chi connectivity index (χ2n) is 10.3. The van der Waals surface area contributed by atoms with Crippen LogP contribution in [0.4, 0.5) is 40.8 Å². The number of carboxylic acid groups (broad SMARTS) is 1. The maximum Gasteiger partial charge on any atom is 0.435 e. The van der Waals surface area contributed by atoms with E-state index in [2.05, 4.69) is 19.9 Å². The van der Waals surface area contributed by atoms with Crippen molar-refractivity contribution in [2.24, 2.45) is 0 Å². The number of pyridine rings is 4. The zero-order chi connectivity index (χ0) is 36.1. The number of carbonyl (C=O) groups is 4. The predicted octanol–water partition coefficient (Wildman–Crippen LogP) is 6.42. The molecule has 10 nitrogen and oxygen atoms in total. The fraction of sp³-hybridized carbons (Fsp3) is 0.226. The van der Waals surface area contributed by atoms with Crippen molar-refractivity contribution < 1.29 is 59.4 Å². The number of nitrogens with one attached hydrogen (secondary N) is 1. The van der Waals surface area contributed by atoms with Crippen molar-refractivity contribution in [3.8, 4) is 22.5 Å². The van der Waals surface area contributed by atoms with E-state index in [0.717, 1.165) is 42.9 Å². The molecule has 0 unspecified atom stereocenters. The van der Waals surface area contributed by atoms with E-state index in [-0.39, 0.29) is 35.4 Å². The van der Waals surface area contributed by atoms with Crippen LogP contribution in [0.3, 0.4) is 0 Å². The average Bonchev–Trinajstić information content (AvgIpc) is 3.36. The summed E-state index contributed by atoms with van der Waals surface area (Å²) in [7, 11) is 0. The van der Waals surface area contributed by atoms with Gasteiger partial charge in [-0.2, -0.15) is 26.3 Å². The number of alkyl halides is 6. The van der Waals surface area contributed by atoms with Crippen LogP contribution in [0.15, 0.2) is 61.2 Å². The van der Waals surface area contributed by atoms with Crippen molar-refractivity contribution in [1.29, 1.82) is 0 Å². The fourth-order valence-corrected chi connectivity index (χ4v) is 4.63. The molecule has 4 heterocycles. The van der Waals surface area contributed by atoms with Gasteiger partial charge < -0.3 is 10.4 Å². The Bertz CT molecular complexity index is 1900. The van der Waals surface area contributed by atoms with E-state index in [9.17, 15) is 54.3 Å². The highest BCUT2D eigenvalue weighted by atomic mass is 19.4. The molecular weight excluding hydrogens is 674 g/mol. The van der Waals surface area contributed by atoms with E-state index in [0.29, 0.717) is 0 Å². The van der Waals surface area contributed by atoms with Crippen molar-refractivity contribution in [1.82, 2.24) is 19.9 Å². The number of hydrogen-bond donors (Lipinski definition) is 2. The third kappa shape index (κ3) is 9.23. The lowest BCUT2D eigenvalue weighted by Crippen LogP contribution is -2.20. The van der Waals surface area contributed by atoms with Crippen LogP contribution in [0.1, 0.15) is 48.6 Å². The number of rotatable bonds is 7. The number of carboxylic acids is 1. The summed E-state index contributed by atoms with van der Waals surface area (Å²) >= 11 is 0. The van der Waals surface area contributed by atoms with E-state index in [1.807, 2.05) is 5.32 Å². The molecule has 1 amide bonds. The fourth-order valence-electron chi connectivity index (χ4n) is 4.63. The Morgan fingerprint density at radius 2 is 1.22 bits per heavy atom. The highest BCUT2D eigenvalue weighted by molar-refractivity contribution is 6.13. The Hall–Kier alpha value is -5.68. The van der Waals surface area contributed by atoms with Crippen molar-refractivity contribution >= 4 is 29.1 Å². The number of halogens is 8. The predicted molar refractivity (Wildman–Crippen MR) is 152 cm³/mol. The number of Topliss-reactive ketones (excluding diaryl/α,β-unsaturated/α-hetero) is 2. The van der Waals surface area contributed by atoms with E-state index in [4.69, 9.17) is 5.11 Å². The van der Waals surface area contributed by atoms with E-state index < -0.39 is 88.8 Å². The van der Waals surface area contributed by atoms with Crippen LogP contribution < -0.4 is 5.32 Å². The molecule has 0 aromatic carbocycles. The standard InChI is InChI=1S/C16H10F4N2O2.C15H11F4N3O3/c17-9-5-8(6-21-7-9)11-2-1-10(15(22-11)16(18,19)20)14-12(23)3-4-13(14)24;16-9-5-8(6-20-7-9)10-1-2-11(14(22-10)15(17,18)19)21-12(23)3-4-13(24)25/h1-2,5-7,14H,3-4H2;1-2,5-7H,3-4H2,(H,21,23)(H,24,25). The molecular formula is C31H21F8N5O5. The molecule has 1 aliphatic rings. The van der Waals surface area contributed by atoms with Crippen molar-refractivity contribution in [3.05, 3.63) is 89.8 Å².